The van der Waals surface area contributed by atoms with Gasteiger partial charge >= 0.3 is 5.97 Å². The maximum Gasteiger partial charge on any atom is 0.303 e. The van der Waals surface area contributed by atoms with Crippen molar-refractivity contribution in [3.05, 3.63) is 59.8 Å². The summed E-state index contributed by atoms with van der Waals surface area (Å²) in [6.45, 7) is -0.0944. The van der Waals surface area contributed by atoms with Crippen LogP contribution in [0.15, 0.2) is 42.6 Å². The third kappa shape index (κ3) is 3.49. The van der Waals surface area contributed by atoms with Crippen LogP contribution in [0.2, 0.25) is 0 Å². The van der Waals surface area contributed by atoms with E-state index in [1.807, 2.05) is 6.07 Å². The first-order valence-electron chi connectivity index (χ1n) is 7.85. The van der Waals surface area contributed by atoms with Gasteiger partial charge in [-0.05, 0) is 30.7 Å². The zero-order valence-electron chi connectivity index (χ0n) is 13.6. The lowest BCUT2D eigenvalue weighted by molar-refractivity contribution is -0.137. The molecule has 3 rings (SSSR count). The molecule has 0 amide bonds. The maximum atomic E-state index is 14.3. The molecule has 0 radical (unpaired) electrons. The summed E-state index contributed by atoms with van der Waals surface area (Å²) in [7, 11) is 0. The Balaban J connectivity index is 1.88. The minimum atomic E-state index is -0.996. The van der Waals surface area contributed by atoms with Gasteiger partial charge in [-0.2, -0.15) is 5.26 Å². The Labute approximate surface area is 147 Å². The zero-order chi connectivity index (χ0) is 18.7. The first-order valence-corrected chi connectivity index (χ1v) is 7.85. The number of hydrogen-bond acceptors (Lipinski definition) is 3. The summed E-state index contributed by atoms with van der Waals surface area (Å²) < 4.78 is 35.2. The summed E-state index contributed by atoms with van der Waals surface area (Å²) in [6, 6.07) is 11.1. The van der Waals surface area contributed by atoms with E-state index in [1.165, 1.54) is 0 Å². The Hall–Kier alpha value is -3.40. The fourth-order valence-corrected chi connectivity index (χ4v) is 2.66. The number of aromatic nitrogens is 1. The Kier molecular flexibility index (Phi) is 4.85. The van der Waals surface area contributed by atoms with Crippen molar-refractivity contribution in [1.29, 1.82) is 5.26 Å². The van der Waals surface area contributed by atoms with Gasteiger partial charge < -0.3 is 14.4 Å². The smallest absolute Gasteiger partial charge is 0.303 e. The van der Waals surface area contributed by atoms with Crippen molar-refractivity contribution in [2.75, 3.05) is 6.61 Å². The molecule has 1 N–H and O–H groups in total. The molecule has 3 aromatic rings. The van der Waals surface area contributed by atoms with E-state index in [4.69, 9.17) is 15.1 Å². The zero-order valence-corrected chi connectivity index (χ0v) is 13.6. The molecule has 0 fully saturated rings. The lowest BCUT2D eigenvalue weighted by Gasteiger charge is -2.11. The van der Waals surface area contributed by atoms with Crippen LogP contribution in [0.3, 0.4) is 0 Å². The fraction of sp³-hybridized carbons (Fsp3) is 0.158. The number of nitrogens with zero attached hydrogens (tertiary/aromatic N) is 2. The quantitative estimate of drug-likeness (QED) is 0.677. The third-order valence-electron chi connectivity index (χ3n) is 3.86. The molecule has 0 atom stereocenters. The second-order valence-corrected chi connectivity index (χ2v) is 5.66. The average Bonchev–Trinajstić information content (AvgIpc) is 3.03. The molecule has 0 bridgehead atoms. The Morgan fingerprint density at radius 2 is 1.92 bits per heavy atom. The molecule has 0 spiro atoms. The van der Waals surface area contributed by atoms with Crippen LogP contribution in [0.4, 0.5) is 8.78 Å². The molecule has 0 saturated carbocycles. The van der Waals surface area contributed by atoms with Crippen molar-refractivity contribution < 1.29 is 23.4 Å². The normalized spacial score (nSPS) is 10.7. The molecule has 1 heterocycles. The molecule has 0 aliphatic rings. The van der Waals surface area contributed by atoms with Gasteiger partial charge in [0, 0.05) is 30.1 Å². The average molecular weight is 356 g/mol. The topological polar surface area (TPSA) is 75.2 Å². The van der Waals surface area contributed by atoms with Crippen molar-refractivity contribution in [3.8, 4) is 17.5 Å². The van der Waals surface area contributed by atoms with E-state index in [1.54, 1.807) is 35.0 Å². The predicted molar refractivity (Wildman–Crippen MR) is 90.3 cm³/mol. The number of fused-ring (bicyclic) bond motifs is 1. The lowest BCUT2D eigenvalue weighted by Crippen LogP contribution is -2.05. The number of hydrogen-bond donors (Lipinski definition) is 1. The molecule has 0 aliphatic carbocycles. The fourth-order valence-electron chi connectivity index (χ4n) is 2.66. The molecular weight excluding hydrogens is 342 g/mol. The van der Waals surface area contributed by atoms with Crippen molar-refractivity contribution in [3.63, 3.8) is 0 Å². The molecule has 2 aromatic carbocycles. The van der Waals surface area contributed by atoms with Crippen LogP contribution in [-0.4, -0.2) is 22.2 Å². The van der Waals surface area contributed by atoms with Crippen LogP contribution in [-0.2, 0) is 4.79 Å². The Bertz CT molecular complexity index is 998. The van der Waals surface area contributed by atoms with Gasteiger partial charge in [-0.25, -0.2) is 8.78 Å². The van der Waals surface area contributed by atoms with Gasteiger partial charge in [0.25, 0.3) is 0 Å². The van der Waals surface area contributed by atoms with Gasteiger partial charge in [-0.1, -0.05) is 0 Å². The molecule has 0 saturated heterocycles. The number of nitriles is 1. The standard InChI is InChI=1S/C19H14F2N2O3/c20-15-9-14(10-16(21)19(15)26-7-1-2-18(24)25)23-6-5-13-8-12(11-22)3-4-17(13)23/h3-6,8-10H,1-2,7H2,(H,24,25). The summed E-state index contributed by atoms with van der Waals surface area (Å²) in [4.78, 5) is 10.4. The summed E-state index contributed by atoms with van der Waals surface area (Å²) in [5.41, 5.74) is 1.48. The molecular formula is C19H14F2N2O3. The van der Waals surface area contributed by atoms with Crippen LogP contribution in [0.5, 0.6) is 5.75 Å². The predicted octanol–water partition coefficient (Wildman–Crippen LogP) is 4.02. The highest BCUT2D eigenvalue weighted by molar-refractivity contribution is 5.83. The highest BCUT2D eigenvalue weighted by atomic mass is 19.1. The summed E-state index contributed by atoms with van der Waals surface area (Å²) in [6.07, 6.45) is 1.67. The van der Waals surface area contributed by atoms with E-state index in [-0.39, 0.29) is 25.1 Å². The van der Waals surface area contributed by atoms with Crippen LogP contribution >= 0.6 is 0 Å². The van der Waals surface area contributed by atoms with E-state index in [2.05, 4.69) is 0 Å². The second kappa shape index (κ2) is 7.23. The Morgan fingerprint density at radius 1 is 1.19 bits per heavy atom. The van der Waals surface area contributed by atoms with Gasteiger partial charge in [0.1, 0.15) is 0 Å². The maximum absolute atomic E-state index is 14.3. The third-order valence-corrected chi connectivity index (χ3v) is 3.86. The minimum absolute atomic E-state index is 0.0944. The van der Waals surface area contributed by atoms with Crippen LogP contribution in [0.1, 0.15) is 18.4 Å². The van der Waals surface area contributed by atoms with E-state index < -0.39 is 23.4 Å². The molecule has 1 aromatic heterocycles. The van der Waals surface area contributed by atoms with Gasteiger partial charge in [-0.3, -0.25) is 4.79 Å². The molecule has 7 heteroatoms. The van der Waals surface area contributed by atoms with Crippen LogP contribution in [0.25, 0.3) is 16.6 Å². The molecule has 132 valence electrons. The summed E-state index contributed by atoms with van der Waals surface area (Å²) >= 11 is 0. The molecule has 26 heavy (non-hydrogen) atoms. The van der Waals surface area contributed by atoms with Gasteiger partial charge in [0.05, 0.1) is 29.4 Å². The Morgan fingerprint density at radius 3 is 2.58 bits per heavy atom. The number of aliphatic carboxylic acids is 1. The molecule has 5 nitrogen and oxygen atoms in total. The monoisotopic (exact) mass is 356 g/mol. The number of carboxylic acids is 1. The highest BCUT2D eigenvalue weighted by Gasteiger charge is 2.15. The summed E-state index contributed by atoms with van der Waals surface area (Å²) in [5, 5.41) is 18.3. The van der Waals surface area contributed by atoms with E-state index in [0.29, 0.717) is 11.1 Å². The van der Waals surface area contributed by atoms with Crippen molar-refractivity contribution in [2.24, 2.45) is 0 Å². The second-order valence-electron chi connectivity index (χ2n) is 5.66. The SMILES string of the molecule is N#Cc1ccc2c(ccn2-c2cc(F)c(OCCCC(=O)O)c(F)c2)c1. The molecule has 0 aliphatic heterocycles. The van der Waals surface area contributed by atoms with Crippen molar-refractivity contribution >= 4 is 16.9 Å². The van der Waals surface area contributed by atoms with Crippen molar-refractivity contribution in [2.45, 2.75) is 12.8 Å². The van der Waals surface area contributed by atoms with Crippen LogP contribution < -0.4 is 4.74 Å². The number of benzene rings is 2. The number of carboxylic acid groups (broad SMARTS) is 1. The number of carbonyl (C=O) groups is 1. The lowest BCUT2D eigenvalue weighted by atomic mass is 10.2. The minimum Gasteiger partial charge on any atom is -0.488 e. The van der Waals surface area contributed by atoms with Crippen LogP contribution in [0, 0.1) is 23.0 Å². The number of rotatable bonds is 6. The van der Waals surface area contributed by atoms with Gasteiger partial charge in [0.15, 0.2) is 17.4 Å². The van der Waals surface area contributed by atoms with Gasteiger partial charge in [-0.15, -0.1) is 0 Å². The van der Waals surface area contributed by atoms with E-state index in [0.717, 1.165) is 17.5 Å². The largest absolute Gasteiger partial charge is 0.488 e. The first-order chi connectivity index (χ1) is 12.5. The number of ether oxygens (including phenoxy) is 1. The summed E-state index contributed by atoms with van der Waals surface area (Å²) in [5.74, 6) is -3.26. The van der Waals surface area contributed by atoms with E-state index >= 15 is 0 Å². The highest BCUT2D eigenvalue weighted by Crippen LogP contribution is 2.28. The van der Waals surface area contributed by atoms with Gasteiger partial charge in [0.2, 0.25) is 0 Å². The molecule has 0 unspecified atom stereocenters. The first kappa shape index (κ1) is 17.4. The van der Waals surface area contributed by atoms with Crippen molar-refractivity contribution in [1.82, 2.24) is 4.57 Å². The number of halogens is 2. The van der Waals surface area contributed by atoms with E-state index in [9.17, 15) is 13.6 Å².